The minimum absolute atomic E-state index is 0.0283. The van der Waals surface area contributed by atoms with Gasteiger partial charge in [0.25, 0.3) is 11.6 Å². The van der Waals surface area contributed by atoms with E-state index in [1.165, 1.54) is 36.8 Å². The Bertz CT molecular complexity index is 1200. The van der Waals surface area contributed by atoms with Crippen LogP contribution in [0, 0.1) is 22.5 Å². The molecule has 8 nitrogen and oxygen atoms in total. The number of nitrogens with zero attached hydrogens (tertiary/aromatic N) is 2. The lowest BCUT2D eigenvalue weighted by molar-refractivity contribution is -0.384. The van der Waals surface area contributed by atoms with Gasteiger partial charge in [-0.15, -0.1) is 17.8 Å². The molecule has 0 atom stereocenters. The number of amides is 1. The van der Waals surface area contributed by atoms with Crippen molar-refractivity contribution in [3.63, 3.8) is 0 Å². The summed E-state index contributed by atoms with van der Waals surface area (Å²) in [5, 5.41) is 15.5. The zero-order valence-electron chi connectivity index (χ0n) is 15.5. The molecule has 2 aromatic carbocycles. The first-order valence-corrected chi connectivity index (χ1v) is 9.99. The fourth-order valence-corrected chi connectivity index (χ4v) is 4.05. The SMILES string of the molecule is C#CCOc1c(Br)cc(/C=N\NC(=O)c2cc3cc([N+](=O)[O-])ccc3s2)cc1OC. The molecule has 0 aliphatic heterocycles. The van der Waals surface area contributed by atoms with Gasteiger partial charge in [-0.05, 0) is 45.8 Å². The summed E-state index contributed by atoms with van der Waals surface area (Å²) < 4.78 is 12.1. The minimum Gasteiger partial charge on any atom is -0.493 e. The molecule has 0 aliphatic rings. The molecule has 0 saturated heterocycles. The smallest absolute Gasteiger partial charge is 0.281 e. The first kappa shape index (κ1) is 21.3. The van der Waals surface area contributed by atoms with Crippen LogP contribution in [0.5, 0.6) is 11.5 Å². The van der Waals surface area contributed by atoms with Gasteiger partial charge in [-0.2, -0.15) is 5.10 Å². The molecule has 1 aromatic heterocycles. The van der Waals surface area contributed by atoms with Crippen LogP contribution in [-0.4, -0.2) is 30.8 Å². The lowest BCUT2D eigenvalue weighted by Gasteiger charge is -2.11. The lowest BCUT2D eigenvalue weighted by atomic mass is 10.2. The average molecular weight is 488 g/mol. The number of nitro benzene ring substituents is 1. The lowest BCUT2D eigenvalue weighted by Crippen LogP contribution is -2.16. The predicted octanol–water partition coefficient (Wildman–Crippen LogP) is 4.36. The molecule has 152 valence electrons. The fourth-order valence-electron chi connectivity index (χ4n) is 2.54. The van der Waals surface area contributed by atoms with Gasteiger partial charge in [-0.1, -0.05) is 5.92 Å². The normalized spacial score (nSPS) is 10.7. The van der Waals surface area contributed by atoms with E-state index in [1.54, 1.807) is 24.3 Å². The van der Waals surface area contributed by atoms with E-state index in [0.717, 1.165) is 4.70 Å². The van der Waals surface area contributed by atoms with Crippen molar-refractivity contribution in [2.45, 2.75) is 0 Å². The number of fused-ring (bicyclic) bond motifs is 1. The van der Waals surface area contributed by atoms with E-state index < -0.39 is 10.8 Å². The highest BCUT2D eigenvalue weighted by Crippen LogP contribution is 2.36. The quantitative estimate of drug-likeness (QED) is 0.231. The second-order valence-electron chi connectivity index (χ2n) is 5.82. The Kier molecular flexibility index (Phi) is 6.66. The van der Waals surface area contributed by atoms with E-state index >= 15 is 0 Å². The Morgan fingerprint density at radius 1 is 1.40 bits per heavy atom. The Morgan fingerprint density at radius 3 is 2.90 bits per heavy atom. The minimum atomic E-state index is -0.476. The van der Waals surface area contributed by atoms with Crippen LogP contribution < -0.4 is 14.9 Å². The summed E-state index contributed by atoms with van der Waals surface area (Å²) in [7, 11) is 1.50. The van der Waals surface area contributed by atoms with Gasteiger partial charge in [0, 0.05) is 22.2 Å². The third kappa shape index (κ3) is 4.76. The number of hydrazone groups is 1. The molecule has 10 heteroatoms. The summed E-state index contributed by atoms with van der Waals surface area (Å²) in [4.78, 5) is 23.2. The number of nitro groups is 1. The van der Waals surface area contributed by atoms with Crippen LogP contribution in [0.2, 0.25) is 0 Å². The molecule has 0 radical (unpaired) electrons. The number of terminal acetylenes is 1. The van der Waals surface area contributed by atoms with E-state index in [-0.39, 0.29) is 12.3 Å². The van der Waals surface area contributed by atoms with Crippen LogP contribution in [-0.2, 0) is 0 Å². The molecule has 0 saturated carbocycles. The Labute approximate surface area is 183 Å². The van der Waals surface area contributed by atoms with Crippen LogP contribution in [0.15, 0.2) is 46.0 Å². The second-order valence-corrected chi connectivity index (χ2v) is 7.75. The highest BCUT2D eigenvalue weighted by molar-refractivity contribution is 9.10. The number of thiophene rings is 1. The number of ether oxygens (including phenoxy) is 2. The summed E-state index contributed by atoms with van der Waals surface area (Å²) >= 11 is 4.61. The van der Waals surface area contributed by atoms with Crippen molar-refractivity contribution >= 4 is 55.2 Å². The summed E-state index contributed by atoms with van der Waals surface area (Å²) in [6.45, 7) is 0.0940. The van der Waals surface area contributed by atoms with Crippen LogP contribution in [0.3, 0.4) is 0 Å². The largest absolute Gasteiger partial charge is 0.493 e. The van der Waals surface area contributed by atoms with Gasteiger partial charge in [0.1, 0.15) is 6.61 Å². The number of hydrogen-bond acceptors (Lipinski definition) is 7. The number of non-ortho nitro benzene ring substituents is 1. The maximum Gasteiger partial charge on any atom is 0.281 e. The van der Waals surface area contributed by atoms with E-state index in [4.69, 9.17) is 15.9 Å². The Hall–Kier alpha value is -3.42. The van der Waals surface area contributed by atoms with Crippen molar-refractivity contribution in [1.82, 2.24) is 5.43 Å². The van der Waals surface area contributed by atoms with Gasteiger partial charge in [0.15, 0.2) is 11.5 Å². The van der Waals surface area contributed by atoms with Gasteiger partial charge >= 0.3 is 0 Å². The molecule has 0 bridgehead atoms. The van der Waals surface area contributed by atoms with Gasteiger partial charge in [-0.25, -0.2) is 5.43 Å². The highest BCUT2D eigenvalue weighted by Gasteiger charge is 2.14. The van der Waals surface area contributed by atoms with Crippen LogP contribution in [0.1, 0.15) is 15.2 Å². The van der Waals surface area contributed by atoms with Gasteiger partial charge in [0.05, 0.1) is 27.6 Å². The molecule has 0 aliphatic carbocycles. The molecule has 0 unspecified atom stereocenters. The number of rotatable bonds is 7. The number of benzene rings is 2. The molecule has 0 fully saturated rings. The molecule has 1 amide bonds. The summed E-state index contributed by atoms with van der Waals surface area (Å²) in [5.41, 5.74) is 3.07. The van der Waals surface area contributed by atoms with E-state index in [1.807, 2.05) is 0 Å². The number of carbonyl (C=O) groups is 1. The first-order chi connectivity index (χ1) is 14.4. The van der Waals surface area contributed by atoms with Gasteiger partial charge in [0.2, 0.25) is 0 Å². The number of hydrogen-bond donors (Lipinski definition) is 1. The number of halogens is 1. The highest BCUT2D eigenvalue weighted by atomic mass is 79.9. The van der Waals surface area contributed by atoms with Crippen molar-refractivity contribution in [1.29, 1.82) is 0 Å². The summed E-state index contributed by atoms with van der Waals surface area (Å²) in [6, 6.07) is 9.47. The molecule has 3 aromatic rings. The van der Waals surface area contributed by atoms with Crippen LogP contribution in [0.4, 0.5) is 5.69 Å². The summed E-state index contributed by atoms with van der Waals surface area (Å²) in [5.74, 6) is 2.89. The molecule has 0 spiro atoms. The first-order valence-electron chi connectivity index (χ1n) is 8.38. The Balaban J connectivity index is 1.74. The maximum atomic E-state index is 12.4. The van der Waals surface area contributed by atoms with Crippen LogP contribution >= 0.6 is 27.3 Å². The van der Waals surface area contributed by atoms with Crippen molar-refractivity contribution in [3.05, 3.63) is 61.4 Å². The number of carbonyl (C=O) groups excluding carboxylic acids is 1. The fraction of sp³-hybridized carbons (Fsp3) is 0.100. The van der Waals surface area contributed by atoms with Crippen molar-refractivity contribution in [2.24, 2.45) is 5.10 Å². The monoisotopic (exact) mass is 487 g/mol. The third-order valence-electron chi connectivity index (χ3n) is 3.87. The second kappa shape index (κ2) is 9.39. The molecule has 30 heavy (non-hydrogen) atoms. The van der Waals surface area contributed by atoms with Gasteiger partial charge < -0.3 is 9.47 Å². The van der Waals surface area contributed by atoms with Crippen molar-refractivity contribution < 1.29 is 19.2 Å². The van der Waals surface area contributed by atoms with E-state index in [9.17, 15) is 14.9 Å². The molecular formula is C20H14BrN3O5S. The van der Waals surface area contributed by atoms with Crippen LogP contribution in [0.25, 0.3) is 10.1 Å². The van der Waals surface area contributed by atoms with E-state index in [2.05, 4.69) is 32.4 Å². The summed E-state index contributed by atoms with van der Waals surface area (Å²) in [6.07, 6.45) is 6.67. The van der Waals surface area contributed by atoms with Crippen molar-refractivity contribution in [3.8, 4) is 23.8 Å². The third-order valence-corrected chi connectivity index (χ3v) is 5.57. The van der Waals surface area contributed by atoms with Gasteiger partial charge in [-0.3, -0.25) is 14.9 Å². The number of nitrogens with one attached hydrogen (secondary N) is 1. The zero-order chi connectivity index (χ0) is 21.7. The molecular weight excluding hydrogens is 474 g/mol. The zero-order valence-corrected chi connectivity index (χ0v) is 18.0. The maximum absolute atomic E-state index is 12.4. The number of methoxy groups -OCH3 is 1. The average Bonchev–Trinajstić information content (AvgIpc) is 3.16. The molecule has 1 heterocycles. The van der Waals surface area contributed by atoms with Crippen molar-refractivity contribution in [2.75, 3.05) is 13.7 Å². The molecule has 1 N–H and O–H groups in total. The Morgan fingerprint density at radius 2 is 2.20 bits per heavy atom. The van der Waals surface area contributed by atoms with E-state index in [0.29, 0.717) is 31.8 Å². The molecule has 3 rings (SSSR count). The predicted molar refractivity (Wildman–Crippen MR) is 119 cm³/mol. The topological polar surface area (TPSA) is 103 Å². The standard InChI is InChI=1S/C20H14BrN3O5S/c1-3-6-29-19-15(21)7-12(8-16(19)28-2)11-22-23-20(25)18-10-13-9-14(24(26)27)4-5-17(13)30-18/h1,4-5,7-11H,6H2,2H3,(H,23,25)/b22-11-.